The molecule has 214 valence electrons. The highest BCUT2D eigenvalue weighted by Gasteiger charge is 2.23. The molecule has 0 bridgehead atoms. The molecule has 0 spiro atoms. The van der Waals surface area contributed by atoms with E-state index in [1.807, 2.05) is 13.8 Å². The van der Waals surface area contributed by atoms with E-state index in [1.54, 1.807) is 6.92 Å². The molecule has 2 amide bonds. The maximum atomic E-state index is 13.4. The molecule has 1 fully saturated rings. The maximum Gasteiger partial charge on any atom is 0.280 e. The Hall–Kier alpha value is -4.15. The van der Waals surface area contributed by atoms with E-state index in [0.717, 1.165) is 49.3 Å². The number of ether oxygens (including phenoxy) is 1. The number of allylic oxidation sites excluding steroid dienone is 1. The molecule has 2 heterocycles. The van der Waals surface area contributed by atoms with Crippen molar-refractivity contribution in [3.63, 3.8) is 0 Å². The van der Waals surface area contributed by atoms with E-state index in [2.05, 4.69) is 32.4 Å². The van der Waals surface area contributed by atoms with Gasteiger partial charge in [0.15, 0.2) is 0 Å². The first-order chi connectivity index (χ1) is 19.1. The molecule has 0 aliphatic heterocycles. The van der Waals surface area contributed by atoms with Gasteiger partial charge in [0, 0.05) is 37.0 Å². The molecule has 1 aliphatic carbocycles. The Morgan fingerprint density at radius 2 is 1.95 bits per heavy atom. The Labute approximate surface area is 237 Å². The van der Waals surface area contributed by atoms with Gasteiger partial charge in [0.25, 0.3) is 12.3 Å². The number of amides is 2. The number of nitrogens with two attached hydrogens (primary N) is 1. The molecule has 0 aromatic carbocycles. The summed E-state index contributed by atoms with van der Waals surface area (Å²) in [5.74, 6) is 4.77. The van der Waals surface area contributed by atoms with Crippen LogP contribution in [0.15, 0.2) is 36.2 Å². The highest BCUT2D eigenvalue weighted by molar-refractivity contribution is 8.14. The van der Waals surface area contributed by atoms with E-state index in [4.69, 9.17) is 21.3 Å². The van der Waals surface area contributed by atoms with E-state index in [9.17, 15) is 18.4 Å². The summed E-state index contributed by atoms with van der Waals surface area (Å²) in [6.45, 7) is 5.56. The number of hydrogen-bond donors (Lipinski definition) is 5. The lowest BCUT2D eigenvalue weighted by molar-refractivity contribution is -0.112. The second kappa shape index (κ2) is 15.4. The van der Waals surface area contributed by atoms with Crippen molar-refractivity contribution in [2.75, 3.05) is 12.4 Å². The number of rotatable bonds is 9. The van der Waals surface area contributed by atoms with Gasteiger partial charge in [-0.15, -0.1) is 0 Å². The largest absolute Gasteiger partial charge is 0.494 e. The van der Waals surface area contributed by atoms with Crippen molar-refractivity contribution >= 4 is 40.7 Å². The summed E-state index contributed by atoms with van der Waals surface area (Å²) in [6.07, 6.45) is 3.56. The molecule has 1 atom stereocenters. The summed E-state index contributed by atoms with van der Waals surface area (Å²) >= 11 is 0.847. The van der Waals surface area contributed by atoms with Gasteiger partial charge in [-0.25, -0.2) is 13.8 Å². The maximum absolute atomic E-state index is 13.4. The molecule has 1 saturated carbocycles. The highest BCUT2D eigenvalue weighted by Crippen LogP contribution is 2.35. The van der Waals surface area contributed by atoms with Gasteiger partial charge in [0.1, 0.15) is 27.8 Å². The predicted octanol–water partition coefficient (Wildman–Crippen LogP) is 4.99. The average Bonchev–Trinajstić information content (AvgIpc) is 3.77. The Morgan fingerprint density at radius 3 is 2.55 bits per heavy atom. The van der Waals surface area contributed by atoms with Crippen molar-refractivity contribution in [3.8, 4) is 28.7 Å². The number of carbonyl (C=O) groups excluding carboxylic acids is 2. The Morgan fingerprint density at radius 1 is 1.25 bits per heavy atom. The first kappa shape index (κ1) is 32.1. The minimum atomic E-state index is -2.89. The van der Waals surface area contributed by atoms with E-state index in [1.165, 1.54) is 19.3 Å². The zero-order valence-electron chi connectivity index (χ0n) is 22.5. The molecule has 10 nitrogen and oxygen atoms in total. The topological polar surface area (TPSA) is 167 Å². The Balaban J connectivity index is 0.00000274. The molecule has 40 heavy (non-hydrogen) atoms. The van der Waals surface area contributed by atoms with Gasteiger partial charge in [0.2, 0.25) is 5.91 Å². The van der Waals surface area contributed by atoms with Crippen LogP contribution in [-0.4, -0.2) is 45.6 Å². The van der Waals surface area contributed by atoms with Gasteiger partial charge in [-0.05, 0) is 43.4 Å². The average molecular weight is 574 g/mol. The summed E-state index contributed by atoms with van der Waals surface area (Å²) in [4.78, 5) is 33.2. The highest BCUT2D eigenvalue weighted by atomic mass is 32.2. The molecule has 13 heteroatoms. The monoisotopic (exact) mass is 573 g/mol. The third-order valence-corrected chi connectivity index (χ3v) is 5.80. The molecule has 0 radical (unpaired) electrons. The number of pyridine rings is 2. The van der Waals surface area contributed by atoms with Gasteiger partial charge in [-0.1, -0.05) is 31.5 Å². The first-order valence-electron chi connectivity index (χ1n) is 12.3. The number of alkyl halides is 2. The standard InChI is InChI=1S/C25H25F2N7O3S.C2H6.H2/c1-13(10-28)7-22(35)33-21-9-15(16-8-18(23(26)27)31-12-19(16)37-2)17(11-32-21)24(36)34-25(30)38-20(29)6-5-14-3-4-14;1-2;/h7-12,14,23,25,28-29H,3-4,30H2,1-2H3,(H,34,36)(H,32,33,35);1-2H3;1H/b13-7-,28-10?,29-20?;;. The number of carbonyl (C=O) groups is 2. The van der Waals surface area contributed by atoms with Gasteiger partial charge >= 0.3 is 0 Å². The van der Waals surface area contributed by atoms with Crippen LogP contribution in [0.5, 0.6) is 5.75 Å². The molecule has 2 aromatic heterocycles. The fourth-order valence-electron chi connectivity index (χ4n) is 3.08. The van der Waals surface area contributed by atoms with Crippen LogP contribution in [0.1, 0.15) is 57.5 Å². The van der Waals surface area contributed by atoms with Crippen LogP contribution < -0.4 is 21.1 Å². The quantitative estimate of drug-likeness (QED) is 0.0926. The summed E-state index contributed by atoms with van der Waals surface area (Å²) < 4.78 is 32.2. The normalized spacial score (nSPS) is 13.2. The zero-order valence-corrected chi connectivity index (χ0v) is 23.3. The van der Waals surface area contributed by atoms with Crippen molar-refractivity contribution in [1.29, 1.82) is 10.8 Å². The van der Waals surface area contributed by atoms with E-state index in [-0.39, 0.29) is 34.7 Å². The molecule has 6 N–H and O–H groups in total. The number of nitrogens with zero attached hydrogens (tertiary/aromatic N) is 2. The van der Waals surface area contributed by atoms with Gasteiger partial charge in [0.05, 0.1) is 18.9 Å². The lowest BCUT2D eigenvalue weighted by Gasteiger charge is -2.17. The van der Waals surface area contributed by atoms with Gasteiger partial charge in [-0.2, -0.15) is 0 Å². The van der Waals surface area contributed by atoms with E-state index >= 15 is 0 Å². The predicted molar refractivity (Wildman–Crippen MR) is 155 cm³/mol. The van der Waals surface area contributed by atoms with Crippen molar-refractivity contribution in [2.45, 2.75) is 45.5 Å². The molecule has 0 saturated heterocycles. The third-order valence-electron chi connectivity index (χ3n) is 5.09. The lowest BCUT2D eigenvalue weighted by Crippen LogP contribution is -2.39. The Kier molecular flexibility index (Phi) is 12.4. The SMILES string of the molecule is CC.COc1cnc(C(F)F)cc1-c1cc(NC(=O)/C=C(/C)C=N)ncc1C(=O)NC(N)SC(=N)C#CC1CC1.[HH]. The lowest BCUT2D eigenvalue weighted by atomic mass is 10.00. The minimum absolute atomic E-state index is 0. The number of aromatic nitrogens is 2. The number of nitrogens with one attached hydrogen (secondary N) is 4. The third kappa shape index (κ3) is 9.55. The van der Waals surface area contributed by atoms with Crippen LogP contribution in [0, 0.1) is 28.6 Å². The molecule has 1 aliphatic rings. The van der Waals surface area contributed by atoms with Crippen LogP contribution in [0.25, 0.3) is 11.1 Å². The Bertz CT molecular complexity index is 1360. The number of anilines is 1. The van der Waals surface area contributed by atoms with Crippen LogP contribution in [0.2, 0.25) is 0 Å². The summed E-state index contributed by atoms with van der Waals surface area (Å²) in [5.41, 5.74) is 4.97. The fourth-order valence-corrected chi connectivity index (χ4v) is 3.62. The van der Waals surface area contributed by atoms with E-state index in [0.29, 0.717) is 11.5 Å². The van der Waals surface area contributed by atoms with Crippen LogP contribution in [0.4, 0.5) is 14.6 Å². The van der Waals surface area contributed by atoms with Crippen LogP contribution >= 0.6 is 11.8 Å². The number of halogens is 2. The summed E-state index contributed by atoms with van der Waals surface area (Å²) in [5, 5.41) is 20.2. The summed E-state index contributed by atoms with van der Waals surface area (Å²) in [6, 6.07) is 2.41. The van der Waals surface area contributed by atoms with Gasteiger partial charge < -0.3 is 26.5 Å². The number of methoxy groups -OCH3 is 1. The smallest absolute Gasteiger partial charge is 0.280 e. The molecule has 2 aromatic rings. The summed E-state index contributed by atoms with van der Waals surface area (Å²) in [7, 11) is 1.32. The first-order valence-corrected chi connectivity index (χ1v) is 13.1. The molecular formula is C27H33F2N7O3S. The fraction of sp³-hybridized carbons (Fsp3) is 0.333. The number of hydrogen-bond acceptors (Lipinski definition) is 9. The van der Waals surface area contributed by atoms with Crippen molar-refractivity contribution in [1.82, 2.24) is 15.3 Å². The van der Waals surface area contributed by atoms with Crippen LogP contribution in [-0.2, 0) is 4.79 Å². The minimum Gasteiger partial charge on any atom is -0.494 e. The second-order valence-electron chi connectivity index (χ2n) is 8.13. The van der Waals surface area contributed by atoms with Crippen molar-refractivity contribution in [2.24, 2.45) is 11.7 Å². The molecule has 3 rings (SSSR count). The van der Waals surface area contributed by atoms with Gasteiger partial charge in [-0.3, -0.25) is 20.0 Å². The molecule has 1 unspecified atom stereocenters. The molecular weight excluding hydrogens is 540 g/mol. The number of thioether (sulfide) groups is 1. The van der Waals surface area contributed by atoms with Crippen molar-refractivity contribution in [3.05, 3.63) is 47.4 Å². The van der Waals surface area contributed by atoms with Crippen molar-refractivity contribution < 1.29 is 24.5 Å². The zero-order chi connectivity index (χ0) is 29.8. The van der Waals surface area contributed by atoms with Crippen LogP contribution in [0.3, 0.4) is 0 Å². The van der Waals surface area contributed by atoms with E-state index < -0.39 is 29.4 Å². The second-order valence-corrected chi connectivity index (χ2v) is 9.28.